The highest BCUT2D eigenvalue weighted by atomic mass is 15.1. The average molecular weight is 563 g/mol. The Hall–Kier alpha value is -6.00. The summed E-state index contributed by atoms with van der Waals surface area (Å²) < 4.78 is 4.76. The van der Waals surface area contributed by atoms with Crippen molar-refractivity contribution in [1.82, 2.24) is 19.1 Å². The van der Waals surface area contributed by atoms with Crippen molar-refractivity contribution in [2.45, 2.75) is 0 Å². The fraction of sp³-hybridized carbons (Fsp3) is 0. The summed E-state index contributed by atoms with van der Waals surface area (Å²) in [5, 5.41) is 3.47. The maximum atomic E-state index is 5.10. The highest BCUT2D eigenvalue weighted by molar-refractivity contribution is 6.22. The molecule has 0 aliphatic rings. The molecule has 0 fully saturated rings. The first-order valence-corrected chi connectivity index (χ1v) is 14.9. The van der Waals surface area contributed by atoms with E-state index in [4.69, 9.17) is 9.97 Å². The van der Waals surface area contributed by atoms with Crippen LogP contribution in [0.3, 0.4) is 0 Å². The first kappa shape index (κ1) is 24.6. The third-order valence-corrected chi connectivity index (χ3v) is 8.56. The third kappa shape index (κ3) is 3.71. The van der Waals surface area contributed by atoms with Crippen LogP contribution in [0, 0.1) is 0 Å². The summed E-state index contributed by atoms with van der Waals surface area (Å²) in [5.74, 6) is 0. The summed E-state index contributed by atoms with van der Waals surface area (Å²) in [6.45, 7) is 0. The van der Waals surface area contributed by atoms with E-state index >= 15 is 0 Å². The molecule has 4 heterocycles. The van der Waals surface area contributed by atoms with E-state index < -0.39 is 0 Å². The van der Waals surface area contributed by atoms with Crippen LogP contribution in [0.25, 0.3) is 77.6 Å². The molecule has 0 amide bonds. The molecule has 0 aliphatic heterocycles. The van der Waals surface area contributed by atoms with E-state index in [9.17, 15) is 0 Å². The molecule has 0 atom stereocenters. The Morgan fingerprint density at radius 3 is 1.66 bits per heavy atom. The van der Waals surface area contributed by atoms with Gasteiger partial charge in [-0.15, -0.1) is 0 Å². The molecule has 0 spiro atoms. The minimum absolute atomic E-state index is 0.952. The number of aromatic nitrogens is 4. The largest absolute Gasteiger partial charge is 0.307 e. The van der Waals surface area contributed by atoms with Gasteiger partial charge in [0.2, 0.25) is 0 Å². The molecule has 0 bridgehead atoms. The second-order valence-electron chi connectivity index (χ2n) is 11.1. The summed E-state index contributed by atoms with van der Waals surface area (Å²) in [7, 11) is 0. The van der Waals surface area contributed by atoms with Crippen molar-refractivity contribution in [3.63, 3.8) is 0 Å². The SMILES string of the molecule is c1ccc(-c2cccc(-c3ccc(-n4c5ccccc5c5ncc6c7ccccc7n(-c7ccccc7)c6c54)cc3)n2)cc1. The molecule has 4 aromatic heterocycles. The van der Waals surface area contributed by atoms with Gasteiger partial charge >= 0.3 is 0 Å². The first-order chi connectivity index (χ1) is 21.8. The van der Waals surface area contributed by atoms with Gasteiger partial charge in [0.1, 0.15) is 0 Å². The molecule has 4 nitrogen and oxygen atoms in total. The fourth-order valence-corrected chi connectivity index (χ4v) is 6.59. The Balaban J connectivity index is 1.30. The van der Waals surface area contributed by atoms with Crippen molar-refractivity contribution in [2.75, 3.05) is 0 Å². The van der Waals surface area contributed by atoms with Crippen molar-refractivity contribution in [3.8, 4) is 33.9 Å². The lowest BCUT2D eigenvalue weighted by Gasteiger charge is -2.13. The number of para-hydroxylation sites is 3. The summed E-state index contributed by atoms with van der Waals surface area (Å²) >= 11 is 0. The van der Waals surface area contributed by atoms with Crippen LogP contribution in [-0.4, -0.2) is 19.1 Å². The predicted octanol–water partition coefficient (Wildman–Crippen LogP) is 10.0. The second kappa shape index (κ2) is 9.79. The van der Waals surface area contributed by atoms with Crippen molar-refractivity contribution in [1.29, 1.82) is 0 Å². The van der Waals surface area contributed by atoms with E-state index in [1.807, 2.05) is 24.4 Å². The van der Waals surface area contributed by atoms with Gasteiger partial charge in [0.25, 0.3) is 0 Å². The van der Waals surface area contributed by atoms with Crippen molar-refractivity contribution in [2.24, 2.45) is 0 Å². The van der Waals surface area contributed by atoms with Gasteiger partial charge in [-0.25, -0.2) is 4.98 Å². The summed E-state index contributed by atoms with van der Waals surface area (Å²) in [6, 6.07) is 53.1. The minimum Gasteiger partial charge on any atom is -0.307 e. The van der Waals surface area contributed by atoms with Crippen LogP contribution < -0.4 is 0 Å². The molecule has 9 aromatic rings. The minimum atomic E-state index is 0.952. The number of benzene rings is 5. The zero-order valence-electron chi connectivity index (χ0n) is 23.8. The fourth-order valence-electron chi connectivity index (χ4n) is 6.59. The monoisotopic (exact) mass is 562 g/mol. The van der Waals surface area contributed by atoms with Gasteiger partial charge in [-0.1, -0.05) is 103 Å². The summed E-state index contributed by atoms with van der Waals surface area (Å²) in [4.78, 5) is 10.1. The number of nitrogens with zero attached hydrogens (tertiary/aromatic N) is 4. The number of pyridine rings is 2. The van der Waals surface area contributed by atoms with Gasteiger partial charge in [0.15, 0.2) is 0 Å². The molecule has 0 aliphatic carbocycles. The van der Waals surface area contributed by atoms with Crippen LogP contribution in [-0.2, 0) is 0 Å². The molecule has 5 aromatic carbocycles. The van der Waals surface area contributed by atoms with Gasteiger partial charge in [0, 0.05) is 44.9 Å². The van der Waals surface area contributed by atoms with Crippen LogP contribution in [0.4, 0.5) is 0 Å². The number of fused-ring (bicyclic) bond motifs is 7. The van der Waals surface area contributed by atoms with E-state index in [-0.39, 0.29) is 0 Å². The lowest BCUT2D eigenvalue weighted by atomic mass is 10.1. The standard InChI is InChI=1S/C40H26N4/c1-3-12-27(13-4-1)34-18-11-19-35(42-34)28-22-24-30(25-23-28)44-37-21-10-8-17-32(37)38-40(44)39-33(26-41-38)31-16-7-9-20-36(31)43(39)29-14-5-2-6-15-29/h1-26H. The van der Waals surface area contributed by atoms with E-state index in [0.717, 1.165) is 66.7 Å². The highest BCUT2D eigenvalue weighted by Crippen LogP contribution is 2.40. The van der Waals surface area contributed by atoms with E-state index in [1.165, 1.54) is 10.9 Å². The Kier molecular flexibility index (Phi) is 5.47. The molecular formula is C40H26N4. The van der Waals surface area contributed by atoms with Crippen LogP contribution in [0.2, 0.25) is 0 Å². The molecular weight excluding hydrogens is 536 g/mol. The highest BCUT2D eigenvalue weighted by Gasteiger charge is 2.21. The lowest BCUT2D eigenvalue weighted by Crippen LogP contribution is -1.99. The Bertz CT molecular complexity index is 2470. The zero-order chi connectivity index (χ0) is 29.0. The molecule has 0 unspecified atom stereocenters. The van der Waals surface area contributed by atoms with Gasteiger partial charge in [0.05, 0.1) is 39.0 Å². The van der Waals surface area contributed by atoms with Crippen molar-refractivity contribution >= 4 is 43.7 Å². The van der Waals surface area contributed by atoms with Crippen LogP contribution in [0.5, 0.6) is 0 Å². The molecule has 206 valence electrons. The van der Waals surface area contributed by atoms with Gasteiger partial charge in [-0.3, -0.25) is 4.98 Å². The molecule has 0 N–H and O–H groups in total. The Morgan fingerprint density at radius 1 is 0.386 bits per heavy atom. The quantitative estimate of drug-likeness (QED) is 0.214. The van der Waals surface area contributed by atoms with Crippen LogP contribution in [0.15, 0.2) is 158 Å². The van der Waals surface area contributed by atoms with E-state index in [2.05, 4.69) is 143 Å². The molecule has 44 heavy (non-hydrogen) atoms. The van der Waals surface area contributed by atoms with E-state index in [1.54, 1.807) is 0 Å². The van der Waals surface area contributed by atoms with Crippen LogP contribution in [0.1, 0.15) is 0 Å². The number of hydrogen-bond acceptors (Lipinski definition) is 2. The lowest BCUT2D eigenvalue weighted by molar-refractivity contribution is 1.14. The van der Waals surface area contributed by atoms with E-state index in [0.29, 0.717) is 0 Å². The topological polar surface area (TPSA) is 35.6 Å². The maximum absolute atomic E-state index is 5.10. The maximum Gasteiger partial charge on any atom is 0.0985 e. The molecule has 4 heteroatoms. The second-order valence-corrected chi connectivity index (χ2v) is 11.1. The Labute approximate surface area is 254 Å². The molecule has 0 radical (unpaired) electrons. The van der Waals surface area contributed by atoms with Gasteiger partial charge < -0.3 is 9.13 Å². The van der Waals surface area contributed by atoms with Crippen LogP contribution >= 0.6 is 0 Å². The molecule has 0 saturated carbocycles. The average Bonchev–Trinajstić information content (AvgIpc) is 3.62. The summed E-state index contributed by atoms with van der Waals surface area (Å²) in [5.41, 5.74) is 11.9. The molecule has 0 saturated heterocycles. The Morgan fingerprint density at radius 2 is 0.932 bits per heavy atom. The van der Waals surface area contributed by atoms with Crippen molar-refractivity contribution < 1.29 is 0 Å². The summed E-state index contributed by atoms with van der Waals surface area (Å²) in [6.07, 6.45) is 2.05. The smallest absolute Gasteiger partial charge is 0.0985 e. The number of hydrogen-bond donors (Lipinski definition) is 0. The normalized spacial score (nSPS) is 11.6. The predicted molar refractivity (Wildman–Crippen MR) is 182 cm³/mol. The van der Waals surface area contributed by atoms with Gasteiger partial charge in [-0.05, 0) is 48.5 Å². The zero-order valence-corrected chi connectivity index (χ0v) is 23.8. The molecule has 9 rings (SSSR count). The third-order valence-electron chi connectivity index (χ3n) is 8.56. The van der Waals surface area contributed by atoms with Gasteiger partial charge in [-0.2, -0.15) is 0 Å². The number of rotatable bonds is 4. The first-order valence-electron chi connectivity index (χ1n) is 14.9. The van der Waals surface area contributed by atoms with Crippen molar-refractivity contribution in [3.05, 3.63) is 158 Å².